The summed E-state index contributed by atoms with van der Waals surface area (Å²) in [4.78, 5) is 14.8. The third-order valence-electron chi connectivity index (χ3n) is 5.00. The molecular formula is C17H32N2O2. The Kier molecular flexibility index (Phi) is 6.97. The van der Waals surface area contributed by atoms with Crippen LogP contribution in [0.5, 0.6) is 0 Å². The molecule has 1 amide bonds. The summed E-state index contributed by atoms with van der Waals surface area (Å²) in [7, 11) is 0. The second-order valence-corrected chi connectivity index (χ2v) is 6.64. The largest absolute Gasteiger partial charge is 0.378 e. The van der Waals surface area contributed by atoms with Crippen LogP contribution in [0.4, 0.5) is 0 Å². The van der Waals surface area contributed by atoms with Gasteiger partial charge in [-0.1, -0.05) is 19.3 Å². The molecule has 2 fully saturated rings. The normalized spacial score (nSPS) is 26.4. The molecule has 0 aromatic rings. The summed E-state index contributed by atoms with van der Waals surface area (Å²) in [5.74, 6) is 0.897. The molecule has 122 valence electrons. The number of nitrogens with two attached hydrogens (primary N) is 1. The molecule has 2 aliphatic rings. The molecule has 2 N–H and O–H groups in total. The SMILES string of the molecule is CCOC1CC(CC(=O)N(CCCN)C2CCCCC2)C1. The molecule has 0 saturated heterocycles. The Bertz CT molecular complexity index is 310. The number of amides is 1. The van der Waals surface area contributed by atoms with Gasteiger partial charge in [0.1, 0.15) is 0 Å². The van der Waals surface area contributed by atoms with E-state index in [0.717, 1.165) is 32.4 Å². The van der Waals surface area contributed by atoms with Crippen molar-refractivity contribution in [3.63, 3.8) is 0 Å². The van der Waals surface area contributed by atoms with Gasteiger partial charge in [-0.05, 0) is 51.5 Å². The molecule has 0 aromatic heterocycles. The molecule has 0 aromatic carbocycles. The highest BCUT2D eigenvalue weighted by Gasteiger charge is 2.33. The van der Waals surface area contributed by atoms with E-state index < -0.39 is 0 Å². The Balaban J connectivity index is 1.79. The highest BCUT2D eigenvalue weighted by Crippen LogP contribution is 2.34. The fourth-order valence-corrected chi connectivity index (χ4v) is 3.74. The molecule has 0 aliphatic heterocycles. The fourth-order valence-electron chi connectivity index (χ4n) is 3.74. The molecule has 4 heteroatoms. The highest BCUT2D eigenvalue weighted by atomic mass is 16.5. The molecule has 4 nitrogen and oxygen atoms in total. The molecule has 2 rings (SSSR count). The number of carbonyl (C=O) groups is 1. The van der Waals surface area contributed by atoms with Crippen LogP contribution in [-0.2, 0) is 9.53 Å². The third kappa shape index (κ3) is 4.96. The molecule has 0 radical (unpaired) electrons. The zero-order chi connectivity index (χ0) is 15.1. The van der Waals surface area contributed by atoms with E-state index in [1.807, 2.05) is 6.92 Å². The van der Waals surface area contributed by atoms with E-state index in [1.165, 1.54) is 32.1 Å². The number of hydrogen-bond acceptors (Lipinski definition) is 3. The van der Waals surface area contributed by atoms with Gasteiger partial charge >= 0.3 is 0 Å². The highest BCUT2D eigenvalue weighted by molar-refractivity contribution is 5.77. The topological polar surface area (TPSA) is 55.6 Å². The summed E-state index contributed by atoms with van der Waals surface area (Å²) in [5, 5.41) is 0. The Hall–Kier alpha value is -0.610. The molecule has 21 heavy (non-hydrogen) atoms. The second kappa shape index (κ2) is 8.74. The van der Waals surface area contributed by atoms with Gasteiger partial charge in [-0.2, -0.15) is 0 Å². The minimum absolute atomic E-state index is 0.357. The minimum Gasteiger partial charge on any atom is -0.378 e. The summed E-state index contributed by atoms with van der Waals surface area (Å²) in [6.45, 7) is 4.35. The maximum absolute atomic E-state index is 12.7. The molecule has 0 unspecified atom stereocenters. The van der Waals surface area contributed by atoms with Crippen molar-refractivity contribution in [2.45, 2.75) is 76.9 Å². The van der Waals surface area contributed by atoms with E-state index in [2.05, 4.69) is 4.90 Å². The summed E-state index contributed by atoms with van der Waals surface area (Å²) in [6.07, 6.45) is 10.4. The summed E-state index contributed by atoms with van der Waals surface area (Å²) in [6, 6.07) is 0.473. The van der Waals surface area contributed by atoms with E-state index >= 15 is 0 Å². The number of rotatable bonds is 8. The summed E-state index contributed by atoms with van der Waals surface area (Å²) in [5.41, 5.74) is 5.64. The average Bonchev–Trinajstić information content (AvgIpc) is 2.46. The van der Waals surface area contributed by atoms with Crippen LogP contribution in [0.2, 0.25) is 0 Å². The number of hydrogen-bond donors (Lipinski definition) is 1. The van der Waals surface area contributed by atoms with Gasteiger partial charge in [-0.25, -0.2) is 0 Å². The van der Waals surface area contributed by atoms with E-state index in [4.69, 9.17) is 10.5 Å². The van der Waals surface area contributed by atoms with Crippen LogP contribution < -0.4 is 5.73 Å². The maximum atomic E-state index is 12.7. The van der Waals surface area contributed by atoms with Crippen molar-refractivity contribution in [1.29, 1.82) is 0 Å². The van der Waals surface area contributed by atoms with Crippen LogP contribution in [0.25, 0.3) is 0 Å². The first-order chi connectivity index (χ1) is 10.2. The predicted molar refractivity (Wildman–Crippen MR) is 85.0 cm³/mol. The van der Waals surface area contributed by atoms with Gasteiger partial charge in [0.15, 0.2) is 0 Å². The molecule has 2 saturated carbocycles. The van der Waals surface area contributed by atoms with E-state index in [9.17, 15) is 4.79 Å². The fraction of sp³-hybridized carbons (Fsp3) is 0.941. The summed E-state index contributed by atoms with van der Waals surface area (Å²) >= 11 is 0. The zero-order valence-electron chi connectivity index (χ0n) is 13.6. The molecule has 0 atom stereocenters. The van der Waals surface area contributed by atoms with Crippen molar-refractivity contribution in [2.24, 2.45) is 11.7 Å². The van der Waals surface area contributed by atoms with Gasteiger partial charge in [0.25, 0.3) is 0 Å². The molecule has 0 bridgehead atoms. The van der Waals surface area contributed by atoms with Gasteiger partial charge in [0, 0.05) is 25.6 Å². The first kappa shape index (κ1) is 16.8. The Morgan fingerprint density at radius 1 is 1.24 bits per heavy atom. The average molecular weight is 296 g/mol. The van der Waals surface area contributed by atoms with Gasteiger partial charge < -0.3 is 15.4 Å². The van der Waals surface area contributed by atoms with Crippen LogP contribution in [0, 0.1) is 5.92 Å². The van der Waals surface area contributed by atoms with E-state index in [-0.39, 0.29) is 0 Å². The monoisotopic (exact) mass is 296 g/mol. The van der Waals surface area contributed by atoms with Crippen LogP contribution in [-0.4, -0.2) is 42.6 Å². The van der Waals surface area contributed by atoms with Crippen LogP contribution >= 0.6 is 0 Å². The van der Waals surface area contributed by atoms with Gasteiger partial charge in [-0.15, -0.1) is 0 Å². The maximum Gasteiger partial charge on any atom is 0.223 e. The lowest BCUT2D eigenvalue weighted by Crippen LogP contribution is -2.44. The third-order valence-corrected chi connectivity index (χ3v) is 5.00. The quantitative estimate of drug-likeness (QED) is 0.749. The van der Waals surface area contributed by atoms with E-state index in [1.54, 1.807) is 0 Å². The standard InChI is InChI=1S/C17H32N2O2/c1-2-21-16-11-14(12-16)13-17(20)19(10-6-9-18)15-7-4-3-5-8-15/h14-16H,2-13,18H2,1H3. The lowest BCUT2D eigenvalue weighted by Gasteiger charge is -2.38. The number of ether oxygens (including phenoxy) is 1. The molecule has 2 aliphatic carbocycles. The molecule has 0 heterocycles. The van der Waals surface area contributed by atoms with Crippen molar-refractivity contribution >= 4 is 5.91 Å². The van der Waals surface area contributed by atoms with Gasteiger partial charge in [0.05, 0.1) is 6.10 Å². The van der Waals surface area contributed by atoms with Gasteiger partial charge in [0.2, 0.25) is 5.91 Å². The first-order valence-electron chi connectivity index (χ1n) is 8.85. The number of nitrogens with zero attached hydrogens (tertiary/aromatic N) is 1. The molecular weight excluding hydrogens is 264 g/mol. The lowest BCUT2D eigenvalue weighted by atomic mass is 9.79. The van der Waals surface area contributed by atoms with E-state index in [0.29, 0.717) is 36.9 Å². The van der Waals surface area contributed by atoms with Crippen molar-refractivity contribution in [3.8, 4) is 0 Å². The predicted octanol–water partition coefficient (Wildman–Crippen LogP) is 2.70. The zero-order valence-corrected chi connectivity index (χ0v) is 13.6. The molecule has 0 spiro atoms. The van der Waals surface area contributed by atoms with Crippen molar-refractivity contribution < 1.29 is 9.53 Å². The van der Waals surface area contributed by atoms with Crippen molar-refractivity contribution in [3.05, 3.63) is 0 Å². The van der Waals surface area contributed by atoms with Gasteiger partial charge in [-0.3, -0.25) is 4.79 Å². The minimum atomic E-state index is 0.357. The summed E-state index contributed by atoms with van der Waals surface area (Å²) < 4.78 is 5.59. The lowest BCUT2D eigenvalue weighted by molar-refractivity contribution is -0.137. The number of carbonyl (C=O) groups excluding carboxylic acids is 1. The van der Waals surface area contributed by atoms with Crippen molar-refractivity contribution in [2.75, 3.05) is 19.7 Å². The Morgan fingerprint density at radius 3 is 2.57 bits per heavy atom. The smallest absolute Gasteiger partial charge is 0.223 e. The Morgan fingerprint density at radius 2 is 1.95 bits per heavy atom. The van der Waals surface area contributed by atoms with Crippen LogP contribution in [0.3, 0.4) is 0 Å². The van der Waals surface area contributed by atoms with Crippen LogP contribution in [0.1, 0.15) is 64.7 Å². The second-order valence-electron chi connectivity index (χ2n) is 6.64. The van der Waals surface area contributed by atoms with Crippen molar-refractivity contribution in [1.82, 2.24) is 4.90 Å². The Labute approximate surface area is 129 Å². The first-order valence-corrected chi connectivity index (χ1v) is 8.85. The van der Waals surface area contributed by atoms with Crippen LogP contribution in [0.15, 0.2) is 0 Å².